The molecule has 0 aliphatic heterocycles. The second kappa shape index (κ2) is 4.32. The van der Waals surface area contributed by atoms with E-state index < -0.39 is 21.2 Å². The predicted molar refractivity (Wildman–Crippen MR) is 53.7 cm³/mol. The first-order valence-corrected chi connectivity index (χ1v) is 4.09. The second-order valence-electron chi connectivity index (χ2n) is 2.83. The lowest BCUT2D eigenvalue weighted by atomic mass is 10.1. The van der Waals surface area contributed by atoms with E-state index in [0.29, 0.717) is 12.0 Å². The Labute approximate surface area is 85.1 Å². The van der Waals surface area contributed by atoms with Crippen LogP contribution in [-0.2, 0) is 6.42 Å². The van der Waals surface area contributed by atoms with Gasteiger partial charge in [-0.25, -0.2) is 0 Å². The molecule has 6 heteroatoms. The van der Waals surface area contributed by atoms with Crippen LogP contribution in [0.1, 0.15) is 5.56 Å². The first-order valence-electron chi connectivity index (χ1n) is 4.09. The van der Waals surface area contributed by atoms with Crippen molar-refractivity contribution in [2.45, 2.75) is 6.42 Å². The van der Waals surface area contributed by atoms with Crippen LogP contribution in [0, 0.1) is 20.2 Å². The predicted octanol–water partition coefficient (Wildman–Crippen LogP) is 2.23. The standard InChI is InChI=1S/C9H8N2O4/c1-2-3-7-4-5-8(10(12)13)9(6-7)11(14)15/h2,4-6H,1,3H2. The summed E-state index contributed by atoms with van der Waals surface area (Å²) in [5.41, 5.74) is -0.352. The van der Waals surface area contributed by atoms with Gasteiger partial charge in [0.1, 0.15) is 0 Å². The van der Waals surface area contributed by atoms with Gasteiger partial charge >= 0.3 is 11.4 Å². The summed E-state index contributed by atoms with van der Waals surface area (Å²) in [5.74, 6) is 0. The zero-order valence-corrected chi connectivity index (χ0v) is 7.75. The molecule has 15 heavy (non-hydrogen) atoms. The lowest BCUT2D eigenvalue weighted by Crippen LogP contribution is -1.97. The third-order valence-electron chi connectivity index (χ3n) is 1.81. The average Bonchev–Trinajstić information content (AvgIpc) is 2.17. The normalized spacial score (nSPS) is 9.60. The van der Waals surface area contributed by atoms with Crippen molar-refractivity contribution in [3.8, 4) is 0 Å². The van der Waals surface area contributed by atoms with Crippen molar-refractivity contribution >= 4 is 11.4 Å². The Morgan fingerprint density at radius 2 is 1.80 bits per heavy atom. The molecule has 0 heterocycles. The lowest BCUT2D eigenvalue weighted by molar-refractivity contribution is -0.422. The largest absolute Gasteiger partial charge is 0.346 e. The molecule has 0 unspecified atom stereocenters. The summed E-state index contributed by atoms with van der Waals surface area (Å²) in [7, 11) is 0. The second-order valence-corrected chi connectivity index (χ2v) is 2.83. The maximum Gasteiger partial charge on any atom is 0.346 e. The van der Waals surface area contributed by atoms with E-state index in [2.05, 4.69) is 6.58 Å². The molecule has 1 aromatic carbocycles. The number of hydrogen-bond donors (Lipinski definition) is 0. The van der Waals surface area contributed by atoms with Crippen LogP contribution in [0.3, 0.4) is 0 Å². The molecule has 1 aromatic rings. The lowest BCUT2D eigenvalue weighted by Gasteiger charge is -1.98. The van der Waals surface area contributed by atoms with Gasteiger partial charge in [0, 0.05) is 12.1 Å². The molecule has 0 radical (unpaired) electrons. The highest BCUT2D eigenvalue weighted by molar-refractivity contribution is 5.54. The summed E-state index contributed by atoms with van der Waals surface area (Å²) < 4.78 is 0. The third kappa shape index (κ3) is 2.37. The van der Waals surface area contributed by atoms with E-state index in [0.717, 1.165) is 6.07 Å². The van der Waals surface area contributed by atoms with Gasteiger partial charge < -0.3 is 0 Å². The first kappa shape index (κ1) is 10.8. The molecule has 0 saturated heterocycles. The fraction of sp³-hybridized carbons (Fsp3) is 0.111. The van der Waals surface area contributed by atoms with Crippen LogP contribution >= 0.6 is 0 Å². The van der Waals surface area contributed by atoms with Gasteiger partial charge in [0.15, 0.2) is 0 Å². The molecule has 0 aliphatic rings. The van der Waals surface area contributed by atoms with Crippen LogP contribution in [0.25, 0.3) is 0 Å². The quantitative estimate of drug-likeness (QED) is 0.431. The maximum absolute atomic E-state index is 10.6. The third-order valence-corrected chi connectivity index (χ3v) is 1.81. The molecular formula is C9H8N2O4. The molecule has 0 saturated carbocycles. The van der Waals surface area contributed by atoms with Gasteiger partial charge in [0.25, 0.3) is 0 Å². The number of nitro benzene ring substituents is 2. The van der Waals surface area contributed by atoms with Gasteiger partial charge in [-0.15, -0.1) is 6.58 Å². The number of nitro groups is 2. The highest BCUT2D eigenvalue weighted by atomic mass is 16.6. The SMILES string of the molecule is C=CCc1ccc([N+](=O)[O-])c([N+](=O)[O-])c1. The van der Waals surface area contributed by atoms with Crippen molar-refractivity contribution < 1.29 is 9.85 Å². The van der Waals surface area contributed by atoms with Crippen LogP contribution in [0.5, 0.6) is 0 Å². The Morgan fingerprint density at radius 3 is 2.27 bits per heavy atom. The highest BCUT2D eigenvalue weighted by Crippen LogP contribution is 2.27. The van der Waals surface area contributed by atoms with Crippen LogP contribution < -0.4 is 0 Å². The fourth-order valence-corrected chi connectivity index (χ4v) is 1.16. The van der Waals surface area contributed by atoms with Gasteiger partial charge in [0.2, 0.25) is 0 Å². The summed E-state index contributed by atoms with van der Waals surface area (Å²) in [4.78, 5) is 19.5. The molecule has 6 nitrogen and oxygen atoms in total. The molecule has 0 fully saturated rings. The topological polar surface area (TPSA) is 86.3 Å². The van der Waals surface area contributed by atoms with Crippen molar-refractivity contribution in [3.63, 3.8) is 0 Å². The molecule has 0 aromatic heterocycles. The molecule has 0 N–H and O–H groups in total. The summed E-state index contributed by atoms with van der Waals surface area (Å²) >= 11 is 0. The Bertz CT molecular complexity index is 428. The summed E-state index contributed by atoms with van der Waals surface area (Å²) in [5, 5.41) is 21.0. The number of hydrogen-bond acceptors (Lipinski definition) is 4. The van der Waals surface area contributed by atoms with Crippen molar-refractivity contribution in [1.82, 2.24) is 0 Å². The first-order chi connectivity index (χ1) is 7.06. The summed E-state index contributed by atoms with van der Waals surface area (Å²) in [6.07, 6.45) is 2.02. The average molecular weight is 208 g/mol. The van der Waals surface area contributed by atoms with Gasteiger partial charge in [-0.05, 0) is 12.0 Å². The van der Waals surface area contributed by atoms with Gasteiger partial charge in [0.05, 0.1) is 9.85 Å². The van der Waals surface area contributed by atoms with E-state index in [4.69, 9.17) is 0 Å². The molecule has 0 bridgehead atoms. The molecular weight excluding hydrogens is 200 g/mol. The molecule has 0 spiro atoms. The molecule has 78 valence electrons. The van der Waals surface area contributed by atoms with Crippen LogP contribution in [0.15, 0.2) is 30.9 Å². The Morgan fingerprint density at radius 1 is 1.20 bits per heavy atom. The van der Waals surface area contributed by atoms with Gasteiger partial charge in [-0.1, -0.05) is 12.1 Å². The minimum atomic E-state index is -0.768. The maximum atomic E-state index is 10.6. The van der Waals surface area contributed by atoms with Crippen molar-refractivity contribution in [2.75, 3.05) is 0 Å². The van der Waals surface area contributed by atoms with Gasteiger partial charge in [-0.3, -0.25) is 20.2 Å². The molecule has 1 rings (SSSR count). The molecule has 0 atom stereocenters. The number of rotatable bonds is 4. The minimum absolute atomic E-state index is 0.443. The summed E-state index contributed by atoms with van der Waals surface area (Å²) in [6.45, 7) is 3.48. The Kier molecular flexibility index (Phi) is 3.12. The number of nitrogens with zero attached hydrogens (tertiary/aromatic N) is 2. The van der Waals surface area contributed by atoms with E-state index in [9.17, 15) is 20.2 Å². The van der Waals surface area contributed by atoms with E-state index in [1.807, 2.05) is 0 Å². The fourth-order valence-electron chi connectivity index (χ4n) is 1.16. The Hall–Kier alpha value is -2.24. The van der Waals surface area contributed by atoms with E-state index >= 15 is 0 Å². The van der Waals surface area contributed by atoms with Crippen molar-refractivity contribution in [2.24, 2.45) is 0 Å². The zero-order chi connectivity index (χ0) is 11.4. The highest BCUT2D eigenvalue weighted by Gasteiger charge is 2.23. The van der Waals surface area contributed by atoms with Gasteiger partial charge in [-0.2, -0.15) is 0 Å². The number of allylic oxidation sites excluding steroid dienone is 1. The summed E-state index contributed by atoms with van der Waals surface area (Å²) in [6, 6.07) is 3.81. The van der Waals surface area contributed by atoms with Crippen molar-refractivity contribution in [1.29, 1.82) is 0 Å². The smallest absolute Gasteiger partial charge is 0.258 e. The number of benzene rings is 1. The van der Waals surface area contributed by atoms with E-state index in [1.54, 1.807) is 6.08 Å². The van der Waals surface area contributed by atoms with Crippen LogP contribution in [0.4, 0.5) is 11.4 Å². The van der Waals surface area contributed by atoms with E-state index in [1.165, 1.54) is 12.1 Å². The zero-order valence-electron chi connectivity index (χ0n) is 7.75. The Balaban J connectivity index is 3.26. The van der Waals surface area contributed by atoms with E-state index in [-0.39, 0.29) is 0 Å². The minimum Gasteiger partial charge on any atom is -0.258 e. The van der Waals surface area contributed by atoms with Crippen molar-refractivity contribution in [3.05, 3.63) is 56.6 Å². The molecule has 0 aliphatic carbocycles. The molecule has 0 amide bonds. The van der Waals surface area contributed by atoms with Crippen LogP contribution in [0.2, 0.25) is 0 Å². The van der Waals surface area contributed by atoms with Crippen LogP contribution in [-0.4, -0.2) is 9.85 Å². The monoisotopic (exact) mass is 208 g/mol.